The molecule has 2 aromatic heterocycles. The molecule has 1 saturated carbocycles. The lowest BCUT2D eigenvalue weighted by atomic mass is 9.87. The summed E-state index contributed by atoms with van der Waals surface area (Å²) >= 11 is 0. The number of pyridine rings is 2. The van der Waals surface area contributed by atoms with E-state index in [1.54, 1.807) is 18.2 Å². The Morgan fingerprint density at radius 2 is 1.69 bits per heavy atom. The van der Waals surface area contributed by atoms with Gasteiger partial charge in [-0.05, 0) is 54.3 Å². The predicted molar refractivity (Wildman–Crippen MR) is 88.0 cm³/mol. The summed E-state index contributed by atoms with van der Waals surface area (Å²) in [5.74, 6) is -1.07. The minimum atomic E-state index is -4.50. The number of alkyl halides is 3. The van der Waals surface area contributed by atoms with Gasteiger partial charge in [0.15, 0.2) is 0 Å². The number of carboxylic acid groups (broad SMARTS) is 1. The van der Waals surface area contributed by atoms with E-state index >= 15 is 0 Å². The van der Waals surface area contributed by atoms with Gasteiger partial charge in [0.05, 0.1) is 11.1 Å². The second-order valence-corrected chi connectivity index (χ2v) is 6.41. The Morgan fingerprint density at radius 1 is 1.00 bits per heavy atom. The van der Waals surface area contributed by atoms with Crippen molar-refractivity contribution in [2.24, 2.45) is 0 Å². The first-order chi connectivity index (χ1) is 12.3. The van der Waals surface area contributed by atoms with Gasteiger partial charge in [-0.15, -0.1) is 0 Å². The van der Waals surface area contributed by atoms with Gasteiger partial charge in [0.25, 0.3) is 0 Å². The molecule has 1 N–H and O–H groups in total. The number of fused-ring (bicyclic) bond motifs is 1. The number of carbonyl (C=O) groups is 1. The van der Waals surface area contributed by atoms with E-state index in [2.05, 4.69) is 9.97 Å². The van der Waals surface area contributed by atoms with Gasteiger partial charge in [0.2, 0.25) is 0 Å². The first kappa shape index (κ1) is 16.5. The molecule has 0 bridgehead atoms. The summed E-state index contributed by atoms with van der Waals surface area (Å²) < 4.78 is 39.0. The van der Waals surface area contributed by atoms with Crippen molar-refractivity contribution in [3.05, 3.63) is 71.2 Å². The number of aromatic nitrogens is 2. The summed E-state index contributed by atoms with van der Waals surface area (Å²) in [6.07, 6.45) is -0.513. The third kappa shape index (κ3) is 2.60. The SMILES string of the molecule is O=C(O)c1ccnc2ccc(C3(c4ccnc(C(F)(F)F)c4)CC3)cc12. The zero-order valence-corrected chi connectivity index (χ0v) is 13.4. The van der Waals surface area contributed by atoms with Gasteiger partial charge in [0, 0.05) is 23.2 Å². The van der Waals surface area contributed by atoms with Crippen LogP contribution in [0.4, 0.5) is 13.2 Å². The van der Waals surface area contributed by atoms with Gasteiger partial charge in [-0.1, -0.05) is 6.07 Å². The van der Waals surface area contributed by atoms with E-state index in [4.69, 9.17) is 0 Å². The van der Waals surface area contributed by atoms with Crippen molar-refractivity contribution in [1.82, 2.24) is 9.97 Å². The molecule has 0 radical (unpaired) electrons. The molecule has 4 nitrogen and oxygen atoms in total. The van der Waals surface area contributed by atoms with E-state index in [0.29, 0.717) is 29.3 Å². The smallest absolute Gasteiger partial charge is 0.433 e. The van der Waals surface area contributed by atoms with Gasteiger partial charge in [0.1, 0.15) is 5.69 Å². The molecule has 1 aliphatic rings. The zero-order chi connectivity index (χ0) is 18.5. The van der Waals surface area contributed by atoms with Crippen LogP contribution in [0.2, 0.25) is 0 Å². The Bertz CT molecular complexity index is 1030. The van der Waals surface area contributed by atoms with Crippen molar-refractivity contribution in [2.75, 3.05) is 0 Å². The molecule has 0 unspecified atom stereocenters. The Morgan fingerprint density at radius 3 is 2.35 bits per heavy atom. The van der Waals surface area contributed by atoms with Crippen molar-refractivity contribution >= 4 is 16.9 Å². The van der Waals surface area contributed by atoms with Crippen molar-refractivity contribution in [3.63, 3.8) is 0 Å². The van der Waals surface area contributed by atoms with Crippen LogP contribution < -0.4 is 0 Å². The van der Waals surface area contributed by atoms with Gasteiger partial charge >= 0.3 is 12.1 Å². The monoisotopic (exact) mass is 358 g/mol. The molecule has 3 aromatic rings. The van der Waals surface area contributed by atoms with Crippen LogP contribution in [0.25, 0.3) is 10.9 Å². The van der Waals surface area contributed by atoms with E-state index < -0.39 is 23.3 Å². The minimum Gasteiger partial charge on any atom is -0.478 e. The van der Waals surface area contributed by atoms with Crippen LogP contribution in [-0.2, 0) is 11.6 Å². The van der Waals surface area contributed by atoms with Crippen LogP contribution in [0.15, 0.2) is 48.8 Å². The molecule has 1 aromatic carbocycles. The fraction of sp³-hybridized carbons (Fsp3) is 0.211. The number of aromatic carboxylic acids is 1. The molecule has 132 valence electrons. The van der Waals surface area contributed by atoms with Crippen LogP contribution in [0.3, 0.4) is 0 Å². The molecule has 4 rings (SSSR count). The molecule has 1 fully saturated rings. The Labute approximate surface area is 146 Å². The Balaban J connectivity index is 1.85. The molecular weight excluding hydrogens is 345 g/mol. The molecule has 0 amide bonds. The van der Waals surface area contributed by atoms with Gasteiger partial charge in [-0.2, -0.15) is 13.2 Å². The standard InChI is InChI=1S/C19H13F3N2O2/c20-19(21,22)16-10-12(3-7-24-16)18(5-6-18)11-1-2-15-14(9-11)13(17(25)26)4-8-23-15/h1-4,7-10H,5-6H2,(H,25,26). The number of benzene rings is 1. The summed E-state index contributed by atoms with van der Waals surface area (Å²) in [7, 11) is 0. The molecule has 2 heterocycles. The maximum absolute atomic E-state index is 13.0. The normalized spacial score (nSPS) is 15.8. The first-order valence-electron chi connectivity index (χ1n) is 7.97. The fourth-order valence-electron chi connectivity index (χ4n) is 3.38. The van der Waals surface area contributed by atoms with E-state index in [1.165, 1.54) is 18.5 Å². The van der Waals surface area contributed by atoms with Crippen LogP contribution >= 0.6 is 0 Å². The highest BCUT2D eigenvalue weighted by atomic mass is 19.4. The maximum atomic E-state index is 13.0. The quantitative estimate of drug-likeness (QED) is 0.752. The first-order valence-corrected chi connectivity index (χ1v) is 7.97. The number of rotatable bonds is 3. The highest BCUT2D eigenvalue weighted by Crippen LogP contribution is 2.54. The molecule has 0 spiro atoms. The van der Waals surface area contributed by atoms with Crippen molar-refractivity contribution in [2.45, 2.75) is 24.4 Å². The van der Waals surface area contributed by atoms with Gasteiger partial charge in [-0.3, -0.25) is 9.97 Å². The number of hydrogen-bond donors (Lipinski definition) is 1. The van der Waals surface area contributed by atoms with E-state index in [9.17, 15) is 23.1 Å². The third-order valence-corrected chi connectivity index (χ3v) is 4.88. The molecule has 26 heavy (non-hydrogen) atoms. The van der Waals surface area contributed by atoms with Gasteiger partial charge < -0.3 is 5.11 Å². The van der Waals surface area contributed by atoms with Crippen molar-refractivity contribution in [3.8, 4) is 0 Å². The van der Waals surface area contributed by atoms with E-state index in [-0.39, 0.29) is 5.56 Å². The average molecular weight is 358 g/mol. The molecule has 1 aliphatic carbocycles. The van der Waals surface area contributed by atoms with Crippen LogP contribution in [-0.4, -0.2) is 21.0 Å². The summed E-state index contributed by atoms with van der Waals surface area (Å²) in [4.78, 5) is 19.0. The van der Waals surface area contributed by atoms with Crippen LogP contribution in [0.1, 0.15) is 40.0 Å². The van der Waals surface area contributed by atoms with E-state index in [1.807, 2.05) is 6.07 Å². The largest absolute Gasteiger partial charge is 0.478 e. The number of nitrogens with zero attached hydrogens (tertiary/aromatic N) is 2. The molecule has 0 saturated heterocycles. The van der Waals surface area contributed by atoms with Gasteiger partial charge in [-0.25, -0.2) is 4.79 Å². The average Bonchev–Trinajstić information content (AvgIpc) is 3.42. The molecule has 7 heteroatoms. The molecular formula is C19H13F3N2O2. The third-order valence-electron chi connectivity index (χ3n) is 4.88. The lowest BCUT2D eigenvalue weighted by molar-refractivity contribution is -0.141. The topological polar surface area (TPSA) is 63.1 Å². The fourth-order valence-corrected chi connectivity index (χ4v) is 3.38. The number of hydrogen-bond acceptors (Lipinski definition) is 3. The lowest BCUT2D eigenvalue weighted by Crippen LogP contribution is -2.13. The number of carboxylic acids is 1. The van der Waals surface area contributed by atoms with E-state index in [0.717, 1.165) is 11.6 Å². The highest BCUT2D eigenvalue weighted by Gasteiger charge is 2.47. The summed E-state index contributed by atoms with van der Waals surface area (Å²) in [5.41, 5.74) is 0.533. The minimum absolute atomic E-state index is 0.123. The Hall–Kier alpha value is -2.96. The van der Waals surface area contributed by atoms with Crippen LogP contribution in [0, 0.1) is 0 Å². The molecule has 0 aliphatic heterocycles. The second-order valence-electron chi connectivity index (χ2n) is 6.41. The number of halogens is 3. The van der Waals surface area contributed by atoms with Crippen molar-refractivity contribution < 1.29 is 23.1 Å². The van der Waals surface area contributed by atoms with Crippen molar-refractivity contribution in [1.29, 1.82) is 0 Å². The lowest BCUT2D eigenvalue weighted by Gasteiger charge is -2.18. The van der Waals surface area contributed by atoms with Crippen LogP contribution in [0.5, 0.6) is 0 Å². The summed E-state index contributed by atoms with van der Waals surface area (Å²) in [6.45, 7) is 0. The predicted octanol–water partition coefficient (Wildman–Crippen LogP) is 4.43. The highest BCUT2D eigenvalue weighted by molar-refractivity contribution is 6.02. The Kier molecular flexibility index (Phi) is 3.50. The second kappa shape index (κ2) is 5.52. The summed E-state index contributed by atoms with van der Waals surface area (Å²) in [5, 5.41) is 9.85. The zero-order valence-electron chi connectivity index (χ0n) is 13.4. The molecule has 0 atom stereocenters. The summed E-state index contributed by atoms with van der Waals surface area (Å²) in [6, 6.07) is 9.34. The maximum Gasteiger partial charge on any atom is 0.433 e.